The molecule has 0 aliphatic rings. The van der Waals surface area contributed by atoms with Crippen LogP contribution in [-0.2, 0) is 0 Å². The number of fused-ring (bicyclic) bond motifs is 1. The zero-order valence-corrected chi connectivity index (χ0v) is 11.2. The molecule has 0 unspecified atom stereocenters. The number of aliphatic hydroxyl groups excluding tert-OH is 1. The van der Waals surface area contributed by atoms with Gasteiger partial charge < -0.3 is 5.11 Å². The van der Waals surface area contributed by atoms with E-state index in [1.807, 2.05) is 24.3 Å². The van der Waals surface area contributed by atoms with E-state index >= 15 is 0 Å². The van der Waals surface area contributed by atoms with Gasteiger partial charge in [0, 0.05) is 22.0 Å². The summed E-state index contributed by atoms with van der Waals surface area (Å²) in [4.78, 5) is 8.41. The minimum absolute atomic E-state index is 0.122. The SMILES string of the molecule is O/C(=C/c1ncnc2ccccc12)c1cccc(Cl)c1. The molecule has 0 bridgehead atoms. The average Bonchev–Trinajstić information content (AvgIpc) is 2.47. The second-order valence-electron chi connectivity index (χ2n) is 4.32. The van der Waals surface area contributed by atoms with Crippen LogP contribution >= 0.6 is 11.6 Å². The van der Waals surface area contributed by atoms with Crippen molar-refractivity contribution in [2.75, 3.05) is 0 Å². The van der Waals surface area contributed by atoms with Crippen LogP contribution in [-0.4, -0.2) is 15.1 Å². The van der Waals surface area contributed by atoms with Crippen molar-refractivity contribution in [3.63, 3.8) is 0 Å². The van der Waals surface area contributed by atoms with Crippen LogP contribution in [0.3, 0.4) is 0 Å². The van der Waals surface area contributed by atoms with Gasteiger partial charge in [0.1, 0.15) is 12.1 Å². The number of rotatable bonds is 2. The smallest absolute Gasteiger partial charge is 0.125 e. The van der Waals surface area contributed by atoms with Crippen molar-refractivity contribution < 1.29 is 5.11 Å². The number of hydrogen-bond acceptors (Lipinski definition) is 3. The average molecular weight is 283 g/mol. The highest BCUT2D eigenvalue weighted by Crippen LogP contribution is 2.21. The first-order chi connectivity index (χ1) is 9.74. The maximum absolute atomic E-state index is 10.2. The Kier molecular flexibility index (Phi) is 3.35. The third-order valence-corrected chi connectivity index (χ3v) is 3.20. The predicted octanol–water partition coefficient (Wildman–Crippen LogP) is 4.34. The number of halogens is 1. The highest BCUT2D eigenvalue weighted by Gasteiger charge is 2.04. The maximum atomic E-state index is 10.2. The van der Waals surface area contributed by atoms with Crippen LogP contribution in [0.4, 0.5) is 0 Å². The van der Waals surface area contributed by atoms with Gasteiger partial charge in [0.15, 0.2) is 0 Å². The van der Waals surface area contributed by atoms with E-state index in [0.717, 1.165) is 10.9 Å². The summed E-state index contributed by atoms with van der Waals surface area (Å²) in [7, 11) is 0. The van der Waals surface area contributed by atoms with Crippen molar-refractivity contribution in [2.45, 2.75) is 0 Å². The van der Waals surface area contributed by atoms with Crippen molar-refractivity contribution >= 4 is 34.3 Å². The molecule has 0 saturated carbocycles. The zero-order chi connectivity index (χ0) is 13.9. The highest BCUT2D eigenvalue weighted by atomic mass is 35.5. The monoisotopic (exact) mass is 282 g/mol. The Labute approximate surface area is 121 Å². The van der Waals surface area contributed by atoms with Crippen LogP contribution < -0.4 is 0 Å². The zero-order valence-electron chi connectivity index (χ0n) is 10.5. The number of aliphatic hydroxyl groups is 1. The van der Waals surface area contributed by atoms with E-state index in [4.69, 9.17) is 11.6 Å². The molecule has 1 N–H and O–H groups in total. The largest absolute Gasteiger partial charge is 0.507 e. The Morgan fingerprint density at radius 2 is 1.90 bits per heavy atom. The van der Waals surface area contributed by atoms with Gasteiger partial charge in [0.2, 0.25) is 0 Å². The fraction of sp³-hybridized carbons (Fsp3) is 0. The lowest BCUT2D eigenvalue weighted by atomic mass is 10.1. The first-order valence-corrected chi connectivity index (χ1v) is 6.48. The maximum Gasteiger partial charge on any atom is 0.125 e. The molecule has 3 nitrogen and oxygen atoms in total. The van der Waals surface area contributed by atoms with Crippen LogP contribution in [0.5, 0.6) is 0 Å². The van der Waals surface area contributed by atoms with Crippen molar-refractivity contribution in [2.24, 2.45) is 0 Å². The molecule has 0 saturated heterocycles. The molecule has 0 radical (unpaired) electrons. The normalized spacial score (nSPS) is 11.8. The van der Waals surface area contributed by atoms with Gasteiger partial charge in [-0.05, 0) is 18.2 Å². The molecule has 0 spiro atoms. The number of nitrogens with zero attached hydrogens (tertiary/aromatic N) is 2. The fourth-order valence-corrected chi connectivity index (χ4v) is 2.19. The van der Waals surface area contributed by atoms with Gasteiger partial charge in [-0.15, -0.1) is 0 Å². The molecule has 98 valence electrons. The lowest BCUT2D eigenvalue weighted by Gasteiger charge is -2.03. The van der Waals surface area contributed by atoms with E-state index in [1.165, 1.54) is 6.33 Å². The summed E-state index contributed by atoms with van der Waals surface area (Å²) in [5.41, 5.74) is 2.17. The summed E-state index contributed by atoms with van der Waals surface area (Å²) in [6.07, 6.45) is 3.11. The molecule has 0 aliphatic carbocycles. The molecule has 0 aliphatic heterocycles. The van der Waals surface area contributed by atoms with E-state index in [1.54, 1.807) is 30.3 Å². The van der Waals surface area contributed by atoms with Gasteiger partial charge in [-0.2, -0.15) is 0 Å². The fourth-order valence-electron chi connectivity index (χ4n) is 2.00. The molecule has 0 atom stereocenters. The molecule has 20 heavy (non-hydrogen) atoms. The van der Waals surface area contributed by atoms with Crippen molar-refractivity contribution in [1.82, 2.24) is 9.97 Å². The third-order valence-electron chi connectivity index (χ3n) is 2.97. The minimum Gasteiger partial charge on any atom is -0.507 e. The molecule has 1 heterocycles. The number of hydrogen-bond donors (Lipinski definition) is 1. The van der Waals surface area contributed by atoms with Crippen molar-refractivity contribution in [3.05, 3.63) is 71.1 Å². The highest BCUT2D eigenvalue weighted by molar-refractivity contribution is 6.30. The number of aromatic nitrogens is 2. The Morgan fingerprint density at radius 3 is 2.75 bits per heavy atom. The van der Waals surface area contributed by atoms with E-state index in [2.05, 4.69) is 9.97 Å². The molecule has 2 aromatic carbocycles. The van der Waals surface area contributed by atoms with E-state index < -0.39 is 0 Å². The molecule has 3 aromatic rings. The topological polar surface area (TPSA) is 46.0 Å². The summed E-state index contributed by atoms with van der Waals surface area (Å²) in [6.45, 7) is 0. The van der Waals surface area contributed by atoms with Gasteiger partial charge >= 0.3 is 0 Å². The Balaban J connectivity index is 2.10. The quantitative estimate of drug-likeness (QED) is 0.711. The molecule has 1 aromatic heterocycles. The van der Waals surface area contributed by atoms with Crippen LogP contribution in [0, 0.1) is 0 Å². The summed E-state index contributed by atoms with van der Waals surface area (Å²) < 4.78 is 0. The van der Waals surface area contributed by atoms with Crippen LogP contribution in [0.1, 0.15) is 11.3 Å². The van der Waals surface area contributed by atoms with E-state index in [-0.39, 0.29) is 5.76 Å². The van der Waals surface area contributed by atoms with Crippen LogP contribution in [0.25, 0.3) is 22.7 Å². The second kappa shape index (κ2) is 5.31. The van der Waals surface area contributed by atoms with E-state index in [0.29, 0.717) is 16.3 Å². The lowest BCUT2D eigenvalue weighted by Crippen LogP contribution is -1.89. The van der Waals surface area contributed by atoms with Gasteiger partial charge in [-0.3, -0.25) is 0 Å². The lowest BCUT2D eigenvalue weighted by molar-refractivity contribution is 0.515. The van der Waals surface area contributed by atoms with Gasteiger partial charge in [-0.25, -0.2) is 9.97 Å². The van der Waals surface area contributed by atoms with Gasteiger partial charge in [-0.1, -0.05) is 41.9 Å². The standard InChI is InChI=1S/C16H11ClN2O/c17-12-5-3-4-11(8-12)16(20)9-15-13-6-1-2-7-14(13)18-10-19-15/h1-10,20H/b16-9+. The Morgan fingerprint density at radius 1 is 1.05 bits per heavy atom. The first-order valence-electron chi connectivity index (χ1n) is 6.10. The molecular weight excluding hydrogens is 272 g/mol. The number of benzene rings is 2. The third kappa shape index (κ3) is 2.49. The van der Waals surface area contributed by atoms with Crippen molar-refractivity contribution in [3.8, 4) is 0 Å². The molecule has 3 rings (SSSR count). The summed E-state index contributed by atoms with van der Waals surface area (Å²) in [5.74, 6) is 0.122. The molecule has 0 fully saturated rings. The molecule has 4 heteroatoms. The Hall–Kier alpha value is -2.39. The first kappa shape index (κ1) is 12.6. The van der Waals surface area contributed by atoms with Crippen molar-refractivity contribution in [1.29, 1.82) is 0 Å². The Bertz CT molecular complexity index is 794. The van der Waals surface area contributed by atoms with Gasteiger partial charge in [0.25, 0.3) is 0 Å². The van der Waals surface area contributed by atoms with Crippen LogP contribution in [0.15, 0.2) is 54.9 Å². The predicted molar refractivity (Wildman–Crippen MR) is 81.5 cm³/mol. The summed E-state index contributed by atoms with van der Waals surface area (Å²) in [6, 6.07) is 14.7. The minimum atomic E-state index is 0.122. The summed E-state index contributed by atoms with van der Waals surface area (Å²) in [5, 5.41) is 11.7. The van der Waals surface area contributed by atoms with E-state index in [9.17, 15) is 5.11 Å². The molecule has 0 amide bonds. The van der Waals surface area contributed by atoms with Crippen LogP contribution in [0.2, 0.25) is 5.02 Å². The van der Waals surface area contributed by atoms with Gasteiger partial charge in [0.05, 0.1) is 11.2 Å². The second-order valence-corrected chi connectivity index (χ2v) is 4.75. The molecular formula is C16H11ClN2O. The summed E-state index contributed by atoms with van der Waals surface area (Å²) >= 11 is 5.92. The number of para-hydroxylation sites is 1.